The Labute approximate surface area is 171 Å². The quantitative estimate of drug-likeness (QED) is 0.468. The van der Waals surface area contributed by atoms with Gasteiger partial charge in [-0.05, 0) is 11.6 Å². The first kappa shape index (κ1) is 18.0. The van der Waals surface area contributed by atoms with Gasteiger partial charge in [0.25, 0.3) is 0 Å². The maximum Gasteiger partial charge on any atom is 0.191 e. The molecule has 0 fully saturated rings. The van der Waals surface area contributed by atoms with Crippen LogP contribution >= 0.6 is 0 Å². The standard InChI is InChI=1S/C22H17FN6O/c1-14-28-19(12-30-14)16-4-2-15(3-5-16)10-24-21-9-18(26-13-27-21)20-11-25-22-8-17(23)6-7-29(20)22/h2-9,11-13H,10H2,1H3,(H,24,26,27). The summed E-state index contributed by atoms with van der Waals surface area (Å²) in [6.07, 6.45) is 6.46. The van der Waals surface area contributed by atoms with E-state index in [1.54, 1.807) is 23.1 Å². The number of nitrogens with zero attached hydrogens (tertiary/aromatic N) is 5. The Morgan fingerprint density at radius 2 is 1.90 bits per heavy atom. The highest BCUT2D eigenvalue weighted by Crippen LogP contribution is 2.22. The highest BCUT2D eigenvalue weighted by molar-refractivity contribution is 5.63. The molecule has 0 aliphatic rings. The van der Waals surface area contributed by atoms with Crippen molar-refractivity contribution in [3.8, 4) is 22.6 Å². The average Bonchev–Trinajstić information content (AvgIpc) is 3.39. The molecule has 0 bridgehead atoms. The second-order valence-corrected chi connectivity index (χ2v) is 6.81. The van der Waals surface area contributed by atoms with Crippen molar-refractivity contribution in [2.75, 3.05) is 5.32 Å². The lowest BCUT2D eigenvalue weighted by atomic mass is 10.1. The first-order chi connectivity index (χ1) is 14.7. The molecule has 0 atom stereocenters. The summed E-state index contributed by atoms with van der Waals surface area (Å²) in [4.78, 5) is 17.2. The second-order valence-electron chi connectivity index (χ2n) is 6.81. The van der Waals surface area contributed by atoms with Gasteiger partial charge in [0, 0.05) is 37.4 Å². The van der Waals surface area contributed by atoms with E-state index in [-0.39, 0.29) is 5.82 Å². The van der Waals surface area contributed by atoms with Gasteiger partial charge < -0.3 is 9.73 Å². The topological polar surface area (TPSA) is 81.1 Å². The Hall–Kier alpha value is -4.07. The van der Waals surface area contributed by atoms with E-state index in [4.69, 9.17) is 4.42 Å². The van der Waals surface area contributed by atoms with E-state index in [9.17, 15) is 4.39 Å². The number of aryl methyl sites for hydroxylation is 1. The molecule has 0 amide bonds. The Balaban J connectivity index is 1.32. The molecule has 0 radical (unpaired) electrons. The van der Waals surface area contributed by atoms with Gasteiger partial charge in [-0.1, -0.05) is 24.3 Å². The molecule has 0 spiro atoms. The Bertz CT molecular complexity index is 1330. The van der Waals surface area contributed by atoms with Crippen molar-refractivity contribution in [2.45, 2.75) is 13.5 Å². The predicted molar refractivity (Wildman–Crippen MR) is 110 cm³/mol. The zero-order valence-electron chi connectivity index (χ0n) is 16.1. The third kappa shape index (κ3) is 3.50. The van der Waals surface area contributed by atoms with E-state index >= 15 is 0 Å². The average molecular weight is 400 g/mol. The van der Waals surface area contributed by atoms with E-state index in [1.807, 2.05) is 37.3 Å². The summed E-state index contributed by atoms with van der Waals surface area (Å²) in [6.45, 7) is 2.43. The SMILES string of the molecule is Cc1nc(-c2ccc(CNc3cc(-c4cnc5cc(F)ccn45)ncn3)cc2)co1. The van der Waals surface area contributed by atoms with Gasteiger partial charge in [-0.25, -0.2) is 24.3 Å². The summed E-state index contributed by atoms with van der Waals surface area (Å²) < 4.78 is 20.5. The third-order valence-corrected chi connectivity index (χ3v) is 4.75. The van der Waals surface area contributed by atoms with Crippen LogP contribution in [0.3, 0.4) is 0 Å². The second kappa shape index (κ2) is 7.40. The number of nitrogens with one attached hydrogen (secondary N) is 1. The van der Waals surface area contributed by atoms with Gasteiger partial charge in [0.1, 0.15) is 35.6 Å². The minimum atomic E-state index is -0.325. The van der Waals surface area contributed by atoms with E-state index in [2.05, 4.69) is 25.3 Å². The number of halogens is 1. The molecular formula is C22H17FN6O. The van der Waals surface area contributed by atoms with Crippen molar-refractivity contribution in [3.63, 3.8) is 0 Å². The van der Waals surface area contributed by atoms with Crippen molar-refractivity contribution in [3.05, 3.63) is 84.7 Å². The first-order valence-electron chi connectivity index (χ1n) is 9.36. The van der Waals surface area contributed by atoms with Crippen LogP contribution in [0, 0.1) is 12.7 Å². The van der Waals surface area contributed by atoms with E-state index in [1.165, 1.54) is 18.5 Å². The number of aromatic nitrogens is 5. The summed E-state index contributed by atoms with van der Waals surface area (Å²) in [7, 11) is 0. The molecule has 5 rings (SSSR count). The lowest BCUT2D eigenvalue weighted by molar-refractivity contribution is 0.521. The lowest BCUT2D eigenvalue weighted by Crippen LogP contribution is -2.02. The molecule has 5 aromatic rings. The van der Waals surface area contributed by atoms with Crippen LogP contribution in [0.15, 0.2) is 71.9 Å². The Morgan fingerprint density at radius 1 is 1.03 bits per heavy atom. The van der Waals surface area contributed by atoms with Crippen LogP contribution in [0.4, 0.5) is 10.2 Å². The summed E-state index contributed by atoms with van der Waals surface area (Å²) in [5, 5.41) is 3.31. The lowest BCUT2D eigenvalue weighted by Gasteiger charge is -2.08. The van der Waals surface area contributed by atoms with Crippen LogP contribution < -0.4 is 5.32 Å². The van der Waals surface area contributed by atoms with Crippen molar-refractivity contribution in [2.24, 2.45) is 0 Å². The normalized spacial score (nSPS) is 11.1. The maximum absolute atomic E-state index is 13.4. The van der Waals surface area contributed by atoms with Crippen LogP contribution in [0.1, 0.15) is 11.5 Å². The zero-order valence-corrected chi connectivity index (χ0v) is 16.1. The Kier molecular flexibility index (Phi) is 4.44. The molecule has 4 aromatic heterocycles. The fraction of sp³-hybridized carbons (Fsp3) is 0.0909. The summed E-state index contributed by atoms with van der Waals surface area (Å²) >= 11 is 0. The highest BCUT2D eigenvalue weighted by Gasteiger charge is 2.09. The molecule has 4 heterocycles. The van der Waals surface area contributed by atoms with Crippen LogP contribution in [0.5, 0.6) is 0 Å². The summed E-state index contributed by atoms with van der Waals surface area (Å²) in [5.41, 5.74) is 4.92. The fourth-order valence-corrected chi connectivity index (χ4v) is 3.22. The van der Waals surface area contributed by atoms with E-state index in [0.717, 1.165) is 22.5 Å². The smallest absolute Gasteiger partial charge is 0.191 e. The van der Waals surface area contributed by atoms with E-state index in [0.29, 0.717) is 29.6 Å². The van der Waals surface area contributed by atoms with Crippen molar-refractivity contribution in [1.29, 1.82) is 0 Å². The highest BCUT2D eigenvalue weighted by atomic mass is 19.1. The molecule has 0 saturated carbocycles. The fourth-order valence-electron chi connectivity index (χ4n) is 3.22. The van der Waals surface area contributed by atoms with Gasteiger partial charge in [0.05, 0.1) is 17.6 Å². The molecule has 8 heteroatoms. The molecule has 0 aliphatic heterocycles. The van der Waals surface area contributed by atoms with Crippen LogP contribution in [0.2, 0.25) is 0 Å². The maximum atomic E-state index is 13.4. The van der Waals surface area contributed by atoms with Gasteiger partial charge in [-0.15, -0.1) is 0 Å². The van der Waals surface area contributed by atoms with Crippen molar-refractivity contribution in [1.82, 2.24) is 24.3 Å². The number of rotatable bonds is 5. The monoisotopic (exact) mass is 400 g/mol. The van der Waals surface area contributed by atoms with Crippen molar-refractivity contribution >= 4 is 11.5 Å². The van der Waals surface area contributed by atoms with Gasteiger partial charge in [0.2, 0.25) is 0 Å². The molecule has 1 N–H and O–H groups in total. The summed E-state index contributed by atoms with van der Waals surface area (Å²) in [6, 6.07) is 12.7. The van der Waals surface area contributed by atoms with Crippen molar-refractivity contribution < 1.29 is 8.81 Å². The number of fused-ring (bicyclic) bond motifs is 1. The largest absolute Gasteiger partial charge is 0.449 e. The molecule has 1 aromatic carbocycles. The third-order valence-electron chi connectivity index (χ3n) is 4.75. The number of anilines is 1. The van der Waals surface area contributed by atoms with Gasteiger partial charge in [-0.3, -0.25) is 4.40 Å². The molecule has 0 unspecified atom stereocenters. The Morgan fingerprint density at radius 3 is 2.70 bits per heavy atom. The molecular weight excluding hydrogens is 383 g/mol. The molecule has 0 aliphatic carbocycles. The first-order valence-corrected chi connectivity index (χ1v) is 9.36. The predicted octanol–water partition coefficient (Wildman–Crippen LogP) is 4.51. The number of benzene rings is 1. The van der Waals surface area contributed by atoms with E-state index < -0.39 is 0 Å². The van der Waals surface area contributed by atoms with Crippen LogP contribution in [0.25, 0.3) is 28.3 Å². The molecule has 30 heavy (non-hydrogen) atoms. The zero-order chi connectivity index (χ0) is 20.5. The minimum Gasteiger partial charge on any atom is -0.449 e. The minimum absolute atomic E-state index is 0.325. The number of imidazole rings is 1. The van der Waals surface area contributed by atoms with Gasteiger partial charge >= 0.3 is 0 Å². The number of oxazole rings is 1. The van der Waals surface area contributed by atoms with Gasteiger partial charge in [-0.2, -0.15) is 0 Å². The van der Waals surface area contributed by atoms with Crippen LogP contribution in [-0.4, -0.2) is 24.3 Å². The number of pyridine rings is 1. The van der Waals surface area contributed by atoms with Gasteiger partial charge in [0.15, 0.2) is 5.89 Å². The molecule has 7 nitrogen and oxygen atoms in total. The number of hydrogen-bond acceptors (Lipinski definition) is 6. The molecule has 0 saturated heterocycles. The number of hydrogen-bond donors (Lipinski definition) is 1. The van der Waals surface area contributed by atoms with Crippen LogP contribution in [-0.2, 0) is 6.54 Å². The summed E-state index contributed by atoms with van der Waals surface area (Å²) in [5.74, 6) is 1.01. The molecule has 148 valence electrons.